The maximum absolute atomic E-state index is 5.84. The Balaban J connectivity index is 0.00000128. The fraction of sp³-hybridized carbons (Fsp3) is 0.917. The second-order valence-corrected chi connectivity index (χ2v) is 5.06. The third kappa shape index (κ3) is 4.11. The molecule has 0 amide bonds. The Morgan fingerprint density at radius 2 is 2.19 bits per heavy atom. The molecule has 0 aromatic rings. The Morgan fingerprint density at radius 1 is 1.44 bits per heavy atom. The summed E-state index contributed by atoms with van der Waals surface area (Å²) in [4.78, 5) is 4.40. The normalized spacial score (nSPS) is 29.2. The molecule has 2 rings (SSSR count). The van der Waals surface area contributed by atoms with E-state index in [0.29, 0.717) is 12.0 Å². The first-order valence-electron chi connectivity index (χ1n) is 6.36. The lowest BCUT2D eigenvalue weighted by molar-refractivity contribution is 0.326. The number of halogens is 1. The van der Waals surface area contributed by atoms with Gasteiger partial charge in [-0.2, -0.15) is 0 Å². The molecule has 2 aliphatic carbocycles. The van der Waals surface area contributed by atoms with Crippen LogP contribution >= 0.6 is 24.0 Å². The highest BCUT2D eigenvalue weighted by Gasteiger charge is 2.36. The van der Waals surface area contributed by atoms with Gasteiger partial charge in [0.25, 0.3) is 0 Å². The van der Waals surface area contributed by atoms with Gasteiger partial charge < -0.3 is 11.1 Å². The zero-order valence-electron chi connectivity index (χ0n) is 10.1. The van der Waals surface area contributed by atoms with Crippen molar-refractivity contribution in [2.45, 2.75) is 51.5 Å². The zero-order valence-corrected chi connectivity index (χ0v) is 12.4. The van der Waals surface area contributed by atoms with Gasteiger partial charge in [-0.05, 0) is 37.5 Å². The molecule has 16 heavy (non-hydrogen) atoms. The summed E-state index contributed by atoms with van der Waals surface area (Å²) < 4.78 is 0. The third-order valence-corrected chi connectivity index (χ3v) is 3.66. The van der Waals surface area contributed by atoms with Crippen LogP contribution in [0.4, 0.5) is 0 Å². The van der Waals surface area contributed by atoms with Crippen LogP contribution in [-0.4, -0.2) is 18.5 Å². The average Bonchev–Trinajstić information content (AvgIpc) is 2.81. The van der Waals surface area contributed by atoms with Gasteiger partial charge in [0.15, 0.2) is 5.96 Å². The first kappa shape index (κ1) is 14.1. The van der Waals surface area contributed by atoms with Gasteiger partial charge in [0, 0.05) is 12.6 Å². The van der Waals surface area contributed by atoms with Crippen molar-refractivity contribution in [2.24, 2.45) is 22.6 Å². The molecule has 0 spiro atoms. The summed E-state index contributed by atoms with van der Waals surface area (Å²) in [6.07, 6.45) is 7.97. The van der Waals surface area contributed by atoms with Gasteiger partial charge in [-0.15, -0.1) is 24.0 Å². The molecule has 3 N–H and O–H groups in total. The maximum atomic E-state index is 5.84. The fourth-order valence-electron chi connectivity index (χ4n) is 2.25. The summed E-state index contributed by atoms with van der Waals surface area (Å²) >= 11 is 0. The molecule has 2 aliphatic rings. The number of aliphatic imine (C=N–C) groups is 1. The summed E-state index contributed by atoms with van der Waals surface area (Å²) in [5.74, 6) is 2.34. The Hall–Kier alpha value is 0. The van der Waals surface area contributed by atoms with E-state index in [2.05, 4.69) is 17.2 Å². The quantitative estimate of drug-likeness (QED) is 0.460. The van der Waals surface area contributed by atoms with Crippen molar-refractivity contribution in [3.63, 3.8) is 0 Å². The van der Waals surface area contributed by atoms with Crippen LogP contribution in [-0.2, 0) is 0 Å². The van der Waals surface area contributed by atoms with Gasteiger partial charge in [-0.25, -0.2) is 0 Å². The van der Waals surface area contributed by atoms with Crippen LogP contribution in [0.15, 0.2) is 4.99 Å². The molecular weight excluding hydrogens is 313 g/mol. The highest BCUT2D eigenvalue weighted by atomic mass is 127. The van der Waals surface area contributed by atoms with Gasteiger partial charge in [0.1, 0.15) is 0 Å². The molecule has 0 radical (unpaired) electrons. The van der Waals surface area contributed by atoms with Crippen molar-refractivity contribution in [3.8, 4) is 0 Å². The van der Waals surface area contributed by atoms with Crippen molar-refractivity contribution in [2.75, 3.05) is 6.54 Å². The van der Waals surface area contributed by atoms with Crippen LogP contribution in [0.2, 0.25) is 0 Å². The molecule has 0 aliphatic heterocycles. The van der Waals surface area contributed by atoms with Crippen molar-refractivity contribution >= 4 is 29.9 Å². The summed E-state index contributed by atoms with van der Waals surface area (Å²) in [7, 11) is 0. The van der Waals surface area contributed by atoms with Crippen molar-refractivity contribution < 1.29 is 0 Å². The Kier molecular flexibility index (Phi) is 5.86. The van der Waals surface area contributed by atoms with E-state index < -0.39 is 0 Å². The van der Waals surface area contributed by atoms with Gasteiger partial charge in [0.05, 0.1) is 0 Å². The largest absolute Gasteiger partial charge is 0.370 e. The third-order valence-electron chi connectivity index (χ3n) is 3.66. The van der Waals surface area contributed by atoms with E-state index in [0.717, 1.165) is 18.4 Å². The van der Waals surface area contributed by atoms with E-state index >= 15 is 0 Å². The van der Waals surface area contributed by atoms with E-state index in [1.165, 1.54) is 38.5 Å². The van der Waals surface area contributed by atoms with Gasteiger partial charge in [0.2, 0.25) is 0 Å². The minimum atomic E-state index is 0. The van der Waals surface area contributed by atoms with Crippen LogP contribution in [0.1, 0.15) is 45.4 Å². The van der Waals surface area contributed by atoms with E-state index in [4.69, 9.17) is 5.73 Å². The summed E-state index contributed by atoms with van der Waals surface area (Å²) in [6, 6.07) is 0.620. The number of guanidine groups is 1. The van der Waals surface area contributed by atoms with E-state index in [9.17, 15) is 0 Å². The molecule has 0 heterocycles. The Labute approximate surface area is 116 Å². The topological polar surface area (TPSA) is 50.4 Å². The number of rotatable bonds is 5. The number of nitrogens with zero attached hydrogens (tertiary/aromatic N) is 1. The Morgan fingerprint density at radius 3 is 2.75 bits per heavy atom. The van der Waals surface area contributed by atoms with E-state index in [-0.39, 0.29) is 24.0 Å². The molecule has 2 fully saturated rings. The van der Waals surface area contributed by atoms with Crippen LogP contribution in [0.3, 0.4) is 0 Å². The highest BCUT2D eigenvalue weighted by molar-refractivity contribution is 14.0. The predicted molar refractivity (Wildman–Crippen MR) is 79.2 cm³/mol. The number of hydrogen-bond acceptors (Lipinski definition) is 1. The second-order valence-electron chi connectivity index (χ2n) is 5.06. The number of hydrogen-bond donors (Lipinski definition) is 2. The molecule has 0 aromatic carbocycles. The highest BCUT2D eigenvalue weighted by Crippen LogP contribution is 2.34. The monoisotopic (exact) mass is 337 g/mol. The van der Waals surface area contributed by atoms with Crippen molar-refractivity contribution in [1.82, 2.24) is 5.32 Å². The molecular formula is C12H24IN3. The molecule has 0 saturated heterocycles. The second kappa shape index (κ2) is 6.67. The van der Waals surface area contributed by atoms with Crippen molar-refractivity contribution in [3.05, 3.63) is 0 Å². The van der Waals surface area contributed by atoms with Crippen LogP contribution in [0, 0.1) is 11.8 Å². The fourth-order valence-corrected chi connectivity index (χ4v) is 2.25. The molecule has 2 atom stereocenters. The van der Waals surface area contributed by atoms with Crippen LogP contribution < -0.4 is 11.1 Å². The Bertz CT molecular complexity index is 238. The van der Waals surface area contributed by atoms with E-state index in [1.54, 1.807) is 0 Å². The lowest BCUT2D eigenvalue weighted by atomic mass is 9.86. The minimum Gasteiger partial charge on any atom is -0.370 e. The summed E-state index contributed by atoms with van der Waals surface area (Å²) in [5, 5.41) is 3.32. The van der Waals surface area contributed by atoms with E-state index in [1.807, 2.05) is 0 Å². The zero-order chi connectivity index (χ0) is 10.7. The standard InChI is InChI=1S/C12H23N3.HI/c1-2-4-10-7-11(10)15-12(13)14-8-9-5-3-6-9;/h9-11H,2-8H2,1H3,(H3,13,14,15);1H. The van der Waals surface area contributed by atoms with Gasteiger partial charge in [-0.3, -0.25) is 4.99 Å². The molecule has 0 bridgehead atoms. The summed E-state index contributed by atoms with van der Waals surface area (Å²) in [5.41, 5.74) is 5.84. The number of nitrogens with two attached hydrogens (primary N) is 1. The van der Waals surface area contributed by atoms with Crippen LogP contribution in [0.25, 0.3) is 0 Å². The molecule has 2 unspecified atom stereocenters. The lowest BCUT2D eigenvalue weighted by Crippen LogP contribution is -2.35. The SMILES string of the molecule is CCCC1CC1NC(N)=NCC1CCC1.I. The molecule has 0 aromatic heterocycles. The maximum Gasteiger partial charge on any atom is 0.188 e. The van der Waals surface area contributed by atoms with Gasteiger partial charge >= 0.3 is 0 Å². The summed E-state index contributed by atoms with van der Waals surface area (Å²) in [6.45, 7) is 3.17. The molecule has 3 nitrogen and oxygen atoms in total. The molecule has 4 heteroatoms. The molecule has 94 valence electrons. The van der Waals surface area contributed by atoms with Crippen molar-refractivity contribution in [1.29, 1.82) is 0 Å². The smallest absolute Gasteiger partial charge is 0.188 e. The number of nitrogens with one attached hydrogen (secondary N) is 1. The minimum absolute atomic E-state index is 0. The predicted octanol–water partition coefficient (Wildman–Crippen LogP) is 2.50. The molecule has 2 saturated carbocycles. The first-order valence-corrected chi connectivity index (χ1v) is 6.36. The van der Waals surface area contributed by atoms with Gasteiger partial charge in [-0.1, -0.05) is 19.8 Å². The first-order chi connectivity index (χ1) is 7.29. The van der Waals surface area contributed by atoms with Crippen LogP contribution in [0.5, 0.6) is 0 Å². The lowest BCUT2D eigenvalue weighted by Gasteiger charge is -2.23. The average molecular weight is 337 g/mol.